The van der Waals surface area contributed by atoms with Crippen molar-refractivity contribution < 1.29 is 40.7 Å². The number of carbonyl (C=O) groups excluding carboxylic acids is 2. The number of hydrogen-bond acceptors (Lipinski definition) is 5. The third-order valence-corrected chi connectivity index (χ3v) is 4.97. The molecular weight excluding hydrogens is 449 g/mol. The molecule has 1 aromatic heterocycles. The Morgan fingerprint density at radius 2 is 1.73 bits per heavy atom. The number of hydrogen-bond donors (Lipinski definition) is 1. The van der Waals surface area contributed by atoms with E-state index in [0.717, 1.165) is 32.0 Å². The molecule has 0 spiro atoms. The quantitative estimate of drug-likeness (QED) is 0.265. The minimum absolute atomic E-state index is 0.0724. The lowest BCUT2D eigenvalue weighted by Crippen LogP contribution is -2.49. The number of esters is 1. The van der Waals surface area contributed by atoms with Crippen LogP contribution in [0.15, 0.2) is 40.8 Å². The van der Waals surface area contributed by atoms with Gasteiger partial charge in [-0.05, 0) is 50.6 Å². The van der Waals surface area contributed by atoms with Gasteiger partial charge in [0.25, 0.3) is 5.78 Å². The smallest absolute Gasteiger partial charge is 0.407 e. The Bertz CT molecular complexity index is 1180. The lowest BCUT2D eigenvalue weighted by molar-refractivity contribution is -0.165. The van der Waals surface area contributed by atoms with Gasteiger partial charge in [-0.1, -0.05) is 12.1 Å². The van der Waals surface area contributed by atoms with E-state index in [0.29, 0.717) is 10.8 Å². The van der Waals surface area contributed by atoms with E-state index in [9.17, 15) is 31.5 Å². The van der Waals surface area contributed by atoms with Gasteiger partial charge in [0.05, 0.1) is 12.6 Å². The second-order valence-electron chi connectivity index (χ2n) is 8.20. The Hall–Kier alpha value is -3.01. The van der Waals surface area contributed by atoms with Gasteiger partial charge in [-0.15, -0.1) is 0 Å². The summed E-state index contributed by atoms with van der Waals surface area (Å²) in [7, 11) is 0. The van der Waals surface area contributed by atoms with E-state index in [-0.39, 0.29) is 23.3 Å². The number of ether oxygens (including phenoxy) is 1. The van der Waals surface area contributed by atoms with Gasteiger partial charge in [0, 0.05) is 17.2 Å². The van der Waals surface area contributed by atoms with Crippen molar-refractivity contribution in [2.75, 3.05) is 6.61 Å². The number of halogens is 5. The van der Waals surface area contributed by atoms with Crippen molar-refractivity contribution in [3.05, 3.63) is 47.8 Å². The Labute approximate surface area is 185 Å². The Morgan fingerprint density at radius 1 is 1.03 bits per heavy atom. The number of alkyl halides is 4. The summed E-state index contributed by atoms with van der Waals surface area (Å²) < 4.78 is 80.0. The highest BCUT2D eigenvalue weighted by Crippen LogP contribution is 2.37. The molecule has 2 aromatic carbocycles. The van der Waals surface area contributed by atoms with Crippen molar-refractivity contribution in [1.29, 1.82) is 0 Å². The minimum Gasteiger partial charge on any atom is -0.460 e. The fourth-order valence-electron chi connectivity index (χ4n) is 3.58. The maximum Gasteiger partial charge on any atom is 0.407 e. The summed E-state index contributed by atoms with van der Waals surface area (Å²) in [6, 6.07) is 3.13. The van der Waals surface area contributed by atoms with E-state index in [1.54, 1.807) is 0 Å². The first kappa shape index (κ1) is 24.6. The summed E-state index contributed by atoms with van der Waals surface area (Å²) in [5.74, 6) is -3.19. The van der Waals surface area contributed by atoms with Gasteiger partial charge in [-0.3, -0.25) is 10.1 Å². The molecule has 5 nitrogen and oxygen atoms in total. The molecule has 1 heterocycles. The van der Waals surface area contributed by atoms with Crippen molar-refractivity contribution in [3.8, 4) is 0 Å². The average Bonchev–Trinajstić information content (AvgIpc) is 3.05. The summed E-state index contributed by atoms with van der Waals surface area (Å²) in [5.41, 5.74) is -2.02. The predicted octanol–water partition coefficient (Wildman–Crippen LogP) is 5.56. The first-order chi connectivity index (χ1) is 15.3. The topological polar surface area (TPSA) is 68.5 Å². The van der Waals surface area contributed by atoms with Crippen LogP contribution in [0.2, 0.25) is 0 Å². The van der Waals surface area contributed by atoms with Crippen LogP contribution in [0.25, 0.3) is 21.9 Å². The highest BCUT2D eigenvalue weighted by atomic mass is 19.4. The van der Waals surface area contributed by atoms with E-state index in [1.807, 2.05) is 0 Å². The van der Waals surface area contributed by atoms with E-state index >= 15 is 0 Å². The first-order valence-corrected chi connectivity index (χ1v) is 10.1. The summed E-state index contributed by atoms with van der Waals surface area (Å²) in [4.78, 5) is 24.3. The predicted molar refractivity (Wildman–Crippen MR) is 111 cm³/mol. The zero-order chi connectivity index (χ0) is 24.6. The highest BCUT2D eigenvalue weighted by molar-refractivity contribution is 6.35. The fraction of sp³-hybridized carbons (Fsp3) is 0.391. The average molecular weight is 471 g/mol. The van der Waals surface area contributed by atoms with Crippen molar-refractivity contribution in [2.24, 2.45) is 0 Å². The zero-order valence-electron chi connectivity index (χ0n) is 18.1. The van der Waals surface area contributed by atoms with Gasteiger partial charge in [0.1, 0.15) is 28.7 Å². The van der Waals surface area contributed by atoms with E-state index in [2.05, 4.69) is 10.1 Å². The molecule has 0 unspecified atom stereocenters. The number of nitrogens with one attached hydrogen (secondary N) is 1. The number of carbonyl (C=O) groups is 2. The largest absolute Gasteiger partial charge is 0.460 e. The number of rotatable bonds is 8. The van der Waals surface area contributed by atoms with Gasteiger partial charge in [0.2, 0.25) is 0 Å². The molecule has 0 saturated carbocycles. The van der Waals surface area contributed by atoms with Gasteiger partial charge >= 0.3 is 12.1 Å². The van der Waals surface area contributed by atoms with Gasteiger partial charge in [-0.2, -0.15) is 13.2 Å². The molecule has 0 bridgehead atoms. The maximum absolute atomic E-state index is 14.3. The number of fused-ring (bicyclic) bond motifs is 3. The molecule has 0 aliphatic rings. The molecular formula is C23H22F5NO4. The Kier molecular flexibility index (Phi) is 6.78. The molecule has 1 N–H and O–H groups in total. The highest BCUT2D eigenvalue weighted by Gasteiger charge is 2.45. The van der Waals surface area contributed by atoms with Gasteiger partial charge in [0.15, 0.2) is 0 Å². The molecule has 0 amide bonds. The summed E-state index contributed by atoms with van der Waals surface area (Å²) in [6.45, 7) is 3.44. The van der Waals surface area contributed by atoms with Crippen molar-refractivity contribution >= 4 is 33.7 Å². The van der Waals surface area contributed by atoms with Crippen LogP contribution in [0.5, 0.6) is 0 Å². The van der Waals surface area contributed by atoms with Crippen LogP contribution in [-0.4, -0.2) is 36.2 Å². The first-order valence-electron chi connectivity index (χ1n) is 10.1. The van der Waals surface area contributed by atoms with E-state index in [1.165, 1.54) is 25.1 Å². The molecule has 178 valence electrons. The SMILES string of the molecule is CCOC(=O)C(=O)[C@H](CC(C)(C)F)N[C@@H](c1ccc2c(c1)oc1ccc(F)cc12)C(F)(F)F. The van der Waals surface area contributed by atoms with Crippen molar-refractivity contribution in [1.82, 2.24) is 5.32 Å². The molecule has 3 rings (SSSR count). The minimum atomic E-state index is -4.90. The second-order valence-corrected chi connectivity index (χ2v) is 8.20. The fourth-order valence-corrected chi connectivity index (χ4v) is 3.58. The third-order valence-electron chi connectivity index (χ3n) is 4.97. The summed E-state index contributed by atoms with van der Waals surface area (Å²) in [6.07, 6.45) is -5.59. The lowest BCUT2D eigenvalue weighted by atomic mass is 9.95. The van der Waals surface area contributed by atoms with Crippen LogP contribution in [0, 0.1) is 5.82 Å². The van der Waals surface area contributed by atoms with Crippen LogP contribution in [0.3, 0.4) is 0 Å². The Morgan fingerprint density at radius 3 is 2.33 bits per heavy atom. The van der Waals surface area contributed by atoms with Gasteiger partial charge in [-0.25, -0.2) is 13.6 Å². The normalized spacial score (nSPS) is 14.4. The summed E-state index contributed by atoms with van der Waals surface area (Å²) in [5, 5.41) is 2.89. The van der Waals surface area contributed by atoms with Crippen LogP contribution in [0.4, 0.5) is 22.0 Å². The number of furan rings is 1. The van der Waals surface area contributed by atoms with Crippen LogP contribution < -0.4 is 5.32 Å². The number of Topliss-reactive ketones (excluding diaryl/α,β-unsaturated/α-hetero) is 1. The molecule has 33 heavy (non-hydrogen) atoms. The van der Waals surface area contributed by atoms with E-state index in [4.69, 9.17) is 4.42 Å². The van der Waals surface area contributed by atoms with Crippen LogP contribution >= 0.6 is 0 Å². The number of benzene rings is 2. The van der Waals surface area contributed by atoms with Gasteiger partial charge < -0.3 is 9.15 Å². The zero-order valence-corrected chi connectivity index (χ0v) is 18.1. The molecule has 0 radical (unpaired) electrons. The molecule has 2 atom stereocenters. The molecule has 0 fully saturated rings. The van der Waals surface area contributed by atoms with Crippen LogP contribution in [-0.2, 0) is 14.3 Å². The Balaban J connectivity index is 2.03. The molecule has 0 aliphatic carbocycles. The van der Waals surface area contributed by atoms with Crippen LogP contribution in [0.1, 0.15) is 38.8 Å². The maximum atomic E-state index is 14.3. The second kappa shape index (κ2) is 9.09. The lowest BCUT2D eigenvalue weighted by Gasteiger charge is -2.29. The molecule has 0 aliphatic heterocycles. The number of ketones is 1. The third kappa shape index (κ3) is 5.68. The molecule has 0 saturated heterocycles. The van der Waals surface area contributed by atoms with Crippen molar-refractivity contribution in [2.45, 2.75) is 51.1 Å². The molecule has 10 heteroatoms. The monoisotopic (exact) mass is 471 g/mol. The summed E-state index contributed by atoms with van der Waals surface area (Å²) >= 11 is 0. The van der Waals surface area contributed by atoms with Crippen molar-refractivity contribution in [3.63, 3.8) is 0 Å². The van der Waals surface area contributed by atoms with E-state index < -0.39 is 47.9 Å². The standard InChI is InChI=1S/C23H22F5NO4/c1-4-32-21(31)19(30)16(11-22(2,3)25)29-20(23(26,27)28)12-5-7-14-15-10-13(24)6-8-17(15)33-18(14)9-12/h5-10,16,20,29H,4,11H2,1-3H3/t16-,20-/m0/s1. The molecule has 3 aromatic rings.